The standard InChI is InChI=1S/C4H3BrN2O3/c5-7-3(9)1-2(8)6-4(7)10/h1H2,(H,6,8,10). The summed E-state index contributed by atoms with van der Waals surface area (Å²) in [6, 6.07) is -0.735. The number of urea groups is 1. The highest BCUT2D eigenvalue weighted by Crippen LogP contribution is 2.06. The summed E-state index contributed by atoms with van der Waals surface area (Å²) in [5.74, 6) is -1.11. The fraction of sp³-hybridized carbons (Fsp3) is 0.250. The fourth-order valence-corrected chi connectivity index (χ4v) is 0.747. The molecular formula is C4H3BrN2O3. The third kappa shape index (κ3) is 1.15. The van der Waals surface area contributed by atoms with Crippen molar-refractivity contribution in [2.24, 2.45) is 0 Å². The Morgan fingerprint density at radius 1 is 1.40 bits per heavy atom. The van der Waals surface area contributed by atoms with Crippen LogP contribution in [0.2, 0.25) is 0 Å². The maximum Gasteiger partial charge on any atom is 0.341 e. The maximum absolute atomic E-state index is 10.6. The van der Waals surface area contributed by atoms with E-state index < -0.39 is 17.8 Å². The van der Waals surface area contributed by atoms with Crippen LogP contribution < -0.4 is 5.32 Å². The third-order valence-electron chi connectivity index (χ3n) is 0.955. The van der Waals surface area contributed by atoms with E-state index >= 15 is 0 Å². The van der Waals surface area contributed by atoms with Gasteiger partial charge in [0.05, 0.1) is 16.1 Å². The van der Waals surface area contributed by atoms with Crippen LogP contribution in [0.1, 0.15) is 6.42 Å². The van der Waals surface area contributed by atoms with Crippen molar-refractivity contribution in [3.8, 4) is 0 Å². The molecule has 0 spiro atoms. The largest absolute Gasteiger partial charge is 0.341 e. The molecule has 1 saturated heterocycles. The summed E-state index contributed by atoms with van der Waals surface area (Å²) in [7, 11) is 0. The highest BCUT2D eigenvalue weighted by molar-refractivity contribution is 9.08. The molecule has 4 amide bonds. The van der Waals surface area contributed by atoms with Gasteiger partial charge >= 0.3 is 6.03 Å². The molecule has 1 rings (SSSR count). The predicted octanol–water partition coefficient (Wildman–Crippen LogP) is -0.235. The van der Waals surface area contributed by atoms with E-state index in [1.165, 1.54) is 0 Å². The van der Waals surface area contributed by atoms with Crippen LogP contribution in [-0.2, 0) is 9.59 Å². The number of hydrogen-bond donors (Lipinski definition) is 1. The first-order valence-corrected chi connectivity index (χ1v) is 3.15. The average molecular weight is 207 g/mol. The number of hydrogen-bond acceptors (Lipinski definition) is 3. The number of imide groups is 2. The summed E-state index contributed by atoms with van der Waals surface area (Å²) in [5, 5.41) is 1.94. The predicted molar refractivity (Wildman–Crippen MR) is 33.9 cm³/mol. The van der Waals surface area contributed by atoms with Crippen LogP contribution in [0.4, 0.5) is 4.79 Å². The summed E-state index contributed by atoms with van der Waals surface area (Å²) in [4.78, 5) is 31.6. The van der Waals surface area contributed by atoms with Crippen molar-refractivity contribution >= 4 is 34.0 Å². The summed E-state index contributed by atoms with van der Waals surface area (Å²) in [6.45, 7) is 0. The number of nitrogens with one attached hydrogen (secondary N) is 1. The van der Waals surface area contributed by atoms with E-state index in [4.69, 9.17) is 0 Å². The molecule has 1 aliphatic rings. The van der Waals surface area contributed by atoms with Gasteiger partial charge in [-0.1, -0.05) is 0 Å². The zero-order chi connectivity index (χ0) is 7.72. The highest BCUT2D eigenvalue weighted by atomic mass is 79.9. The van der Waals surface area contributed by atoms with Crippen LogP contribution >= 0.6 is 16.1 Å². The van der Waals surface area contributed by atoms with Gasteiger partial charge in [0, 0.05) is 0 Å². The maximum atomic E-state index is 10.6. The van der Waals surface area contributed by atoms with Crippen LogP contribution in [0, 0.1) is 0 Å². The summed E-state index contributed by atoms with van der Waals surface area (Å²) >= 11 is 2.67. The topological polar surface area (TPSA) is 66.5 Å². The lowest BCUT2D eigenvalue weighted by Crippen LogP contribution is -2.47. The zero-order valence-electron chi connectivity index (χ0n) is 4.76. The van der Waals surface area contributed by atoms with Gasteiger partial charge in [-0.15, -0.1) is 0 Å². The van der Waals surface area contributed by atoms with Crippen LogP contribution in [0.5, 0.6) is 0 Å². The Bertz CT molecular complexity index is 195. The van der Waals surface area contributed by atoms with E-state index in [2.05, 4.69) is 16.1 Å². The van der Waals surface area contributed by atoms with Gasteiger partial charge in [-0.3, -0.25) is 14.9 Å². The van der Waals surface area contributed by atoms with Gasteiger partial charge in [-0.2, -0.15) is 3.93 Å². The Labute approximate surface area is 64.7 Å². The Kier molecular flexibility index (Phi) is 1.71. The van der Waals surface area contributed by atoms with Crippen molar-refractivity contribution in [2.45, 2.75) is 6.42 Å². The summed E-state index contributed by atoms with van der Waals surface area (Å²) in [6.07, 6.45) is -0.281. The second kappa shape index (κ2) is 2.37. The molecule has 0 atom stereocenters. The number of carbonyl (C=O) groups is 3. The minimum atomic E-state index is -0.735. The van der Waals surface area contributed by atoms with E-state index in [0.29, 0.717) is 3.93 Å². The van der Waals surface area contributed by atoms with Crippen molar-refractivity contribution in [2.75, 3.05) is 0 Å². The van der Waals surface area contributed by atoms with Crippen molar-refractivity contribution in [1.82, 2.24) is 9.24 Å². The molecule has 1 aliphatic heterocycles. The minimum absolute atomic E-state index is 0.281. The number of nitrogens with zero attached hydrogens (tertiary/aromatic N) is 1. The molecule has 1 fully saturated rings. The van der Waals surface area contributed by atoms with Crippen molar-refractivity contribution in [3.05, 3.63) is 0 Å². The van der Waals surface area contributed by atoms with Gasteiger partial charge in [-0.25, -0.2) is 4.79 Å². The van der Waals surface area contributed by atoms with Gasteiger partial charge in [0.15, 0.2) is 0 Å². The Morgan fingerprint density at radius 2 is 2.00 bits per heavy atom. The molecule has 0 aromatic carbocycles. The van der Waals surface area contributed by atoms with Crippen LogP contribution in [0.15, 0.2) is 0 Å². The first-order valence-electron chi connectivity index (χ1n) is 2.44. The van der Waals surface area contributed by atoms with E-state index in [0.717, 1.165) is 0 Å². The molecule has 0 aromatic rings. The molecule has 0 unspecified atom stereocenters. The van der Waals surface area contributed by atoms with E-state index in [1.807, 2.05) is 5.32 Å². The Hall–Kier alpha value is -0.910. The van der Waals surface area contributed by atoms with Crippen molar-refractivity contribution in [1.29, 1.82) is 0 Å². The van der Waals surface area contributed by atoms with E-state index in [9.17, 15) is 14.4 Å². The normalized spacial score (nSPS) is 19.3. The minimum Gasteiger partial charge on any atom is -0.276 e. The van der Waals surface area contributed by atoms with Gasteiger partial charge in [0.25, 0.3) is 0 Å². The number of carbonyl (C=O) groups excluding carboxylic acids is 3. The second-order valence-electron chi connectivity index (χ2n) is 1.70. The van der Waals surface area contributed by atoms with Crippen molar-refractivity contribution in [3.63, 3.8) is 0 Å². The summed E-state index contributed by atoms with van der Waals surface area (Å²) < 4.78 is 0.689. The van der Waals surface area contributed by atoms with Gasteiger partial charge in [-0.05, 0) is 0 Å². The first-order chi connectivity index (χ1) is 4.61. The Balaban J connectivity index is 2.76. The third-order valence-corrected chi connectivity index (χ3v) is 1.67. The molecule has 1 heterocycles. The van der Waals surface area contributed by atoms with Gasteiger partial charge < -0.3 is 0 Å². The quantitative estimate of drug-likeness (QED) is 0.440. The molecule has 6 heteroatoms. The van der Waals surface area contributed by atoms with E-state index in [-0.39, 0.29) is 6.42 Å². The van der Waals surface area contributed by atoms with Gasteiger partial charge in [0.2, 0.25) is 11.8 Å². The molecule has 0 saturated carbocycles. The molecular weight excluding hydrogens is 204 g/mol. The molecule has 0 radical (unpaired) electrons. The highest BCUT2D eigenvalue weighted by Gasteiger charge is 2.28. The summed E-state index contributed by atoms with van der Waals surface area (Å²) in [5.41, 5.74) is 0. The number of barbiturate groups is 1. The van der Waals surface area contributed by atoms with Crippen LogP contribution in [0.25, 0.3) is 0 Å². The molecule has 0 bridgehead atoms. The molecule has 0 aliphatic carbocycles. The van der Waals surface area contributed by atoms with Gasteiger partial charge in [0.1, 0.15) is 6.42 Å². The zero-order valence-corrected chi connectivity index (χ0v) is 6.34. The van der Waals surface area contributed by atoms with Crippen LogP contribution in [0.3, 0.4) is 0 Å². The molecule has 0 aromatic heterocycles. The van der Waals surface area contributed by atoms with E-state index in [1.54, 1.807) is 0 Å². The lowest BCUT2D eigenvalue weighted by molar-refractivity contribution is -0.132. The first kappa shape index (κ1) is 7.20. The average Bonchev–Trinajstić information content (AvgIpc) is 1.82. The van der Waals surface area contributed by atoms with Crippen LogP contribution in [-0.4, -0.2) is 21.8 Å². The molecule has 54 valence electrons. The lowest BCUT2D eigenvalue weighted by Gasteiger charge is -2.17. The van der Waals surface area contributed by atoms with Crippen molar-refractivity contribution < 1.29 is 14.4 Å². The fourth-order valence-electron chi connectivity index (χ4n) is 0.533. The number of rotatable bonds is 0. The Morgan fingerprint density at radius 3 is 2.50 bits per heavy atom. The SMILES string of the molecule is O=C1CC(=O)N(Br)C(=O)N1. The molecule has 1 N–H and O–H groups in total. The monoisotopic (exact) mass is 206 g/mol. The number of halogens is 1. The number of amides is 4. The lowest BCUT2D eigenvalue weighted by atomic mass is 10.3. The smallest absolute Gasteiger partial charge is 0.276 e. The second-order valence-corrected chi connectivity index (χ2v) is 2.41. The molecule has 10 heavy (non-hydrogen) atoms. The molecule has 5 nitrogen and oxygen atoms in total.